The van der Waals surface area contributed by atoms with Crippen LogP contribution in [0.5, 0.6) is 11.5 Å². The highest BCUT2D eigenvalue weighted by Gasteiger charge is 2.34. The number of fused-ring (bicyclic) bond motifs is 2. The van der Waals surface area contributed by atoms with Crippen molar-refractivity contribution in [1.82, 2.24) is 20.2 Å². The Hall–Kier alpha value is -3.49. The van der Waals surface area contributed by atoms with Gasteiger partial charge in [-0.15, -0.1) is 0 Å². The second-order valence-electron chi connectivity index (χ2n) is 5.98. The van der Waals surface area contributed by atoms with Crippen LogP contribution in [0.2, 0.25) is 0 Å². The van der Waals surface area contributed by atoms with Crippen LogP contribution < -0.4 is 26.0 Å². The Morgan fingerprint density at radius 1 is 1.04 bits per heavy atom. The number of aryl methyl sites for hydroxylation is 1. The third-order valence-corrected chi connectivity index (χ3v) is 4.54. The number of H-pyrrole nitrogens is 3. The Labute approximate surface area is 147 Å². The van der Waals surface area contributed by atoms with E-state index in [2.05, 4.69) is 25.5 Å². The van der Waals surface area contributed by atoms with Crippen molar-refractivity contribution in [1.29, 1.82) is 0 Å². The Morgan fingerprint density at radius 3 is 2.54 bits per heavy atom. The molecule has 1 aliphatic rings. The summed E-state index contributed by atoms with van der Waals surface area (Å²) in [5.74, 6) is 1.60. The summed E-state index contributed by atoms with van der Waals surface area (Å²) in [5.41, 5.74) is 1.85. The van der Waals surface area contributed by atoms with E-state index in [9.17, 15) is 9.59 Å². The van der Waals surface area contributed by atoms with Crippen molar-refractivity contribution in [2.75, 3.05) is 19.5 Å². The second-order valence-corrected chi connectivity index (χ2v) is 5.98. The number of benzene rings is 1. The van der Waals surface area contributed by atoms with Crippen molar-refractivity contribution < 1.29 is 9.47 Å². The lowest BCUT2D eigenvalue weighted by molar-refractivity contribution is 0.354. The number of rotatable bonds is 3. The number of ether oxygens (including phenoxy) is 2. The molecule has 9 nitrogen and oxygen atoms in total. The lowest BCUT2D eigenvalue weighted by Gasteiger charge is -2.26. The average molecular weight is 355 g/mol. The minimum absolute atomic E-state index is 0.331. The number of hydrogen-bond acceptors (Lipinski definition) is 6. The van der Waals surface area contributed by atoms with Crippen LogP contribution in [0.3, 0.4) is 0 Å². The predicted octanol–water partition coefficient (Wildman–Crippen LogP) is 1.35. The van der Waals surface area contributed by atoms with Gasteiger partial charge in [0.2, 0.25) is 0 Å². The Balaban J connectivity index is 2.01. The fourth-order valence-electron chi connectivity index (χ4n) is 3.38. The molecule has 4 rings (SSSR count). The zero-order valence-corrected chi connectivity index (χ0v) is 14.4. The summed E-state index contributed by atoms with van der Waals surface area (Å²) < 4.78 is 10.7. The molecule has 0 unspecified atom stereocenters. The van der Waals surface area contributed by atoms with E-state index in [-0.39, 0.29) is 0 Å². The smallest absolute Gasteiger partial charge is 0.327 e. The fraction of sp³-hybridized carbons (Fsp3) is 0.235. The molecule has 3 aromatic rings. The SMILES string of the molecule is COc1ccc([C@@H]2c3c(n[nH]c3C)Nc3[nH]c(=O)[nH]c(=O)c32)cc1OC. The monoisotopic (exact) mass is 355 g/mol. The van der Waals surface area contributed by atoms with E-state index in [0.717, 1.165) is 16.8 Å². The summed E-state index contributed by atoms with van der Waals surface area (Å²) in [7, 11) is 3.11. The van der Waals surface area contributed by atoms with Gasteiger partial charge in [-0.05, 0) is 24.6 Å². The van der Waals surface area contributed by atoms with Gasteiger partial charge in [0.15, 0.2) is 17.3 Å². The highest BCUT2D eigenvalue weighted by Crippen LogP contribution is 2.44. The molecular weight excluding hydrogens is 338 g/mol. The van der Waals surface area contributed by atoms with Crippen molar-refractivity contribution >= 4 is 11.6 Å². The van der Waals surface area contributed by atoms with E-state index in [1.165, 1.54) is 0 Å². The summed E-state index contributed by atoms with van der Waals surface area (Å²) in [5, 5.41) is 10.2. The van der Waals surface area contributed by atoms with Crippen LogP contribution in [0.1, 0.15) is 28.3 Å². The van der Waals surface area contributed by atoms with Crippen molar-refractivity contribution in [3.63, 3.8) is 0 Å². The topological polar surface area (TPSA) is 125 Å². The van der Waals surface area contributed by atoms with Gasteiger partial charge in [-0.1, -0.05) is 6.07 Å². The minimum Gasteiger partial charge on any atom is -0.493 e. The predicted molar refractivity (Wildman–Crippen MR) is 94.8 cm³/mol. The van der Waals surface area contributed by atoms with E-state index in [0.29, 0.717) is 28.7 Å². The normalized spacial score (nSPS) is 15.0. The van der Waals surface area contributed by atoms with Crippen LogP contribution in [0, 0.1) is 6.92 Å². The third-order valence-electron chi connectivity index (χ3n) is 4.54. The van der Waals surface area contributed by atoms with Crippen molar-refractivity contribution in [2.45, 2.75) is 12.8 Å². The Kier molecular flexibility index (Phi) is 3.57. The summed E-state index contributed by atoms with van der Waals surface area (Å²) in [6, 6.07) is 5.46. The number of nitrogens with zero attached hydrogens (tertiary/aromatic N) is 1. The van der Waals surface area contributed by atoms with Crippen LogP contribution in [-0.4, -0.2) is 34.4 Å². The molecule has 0 aliphatic carbocycles. The van der Waals surface area contributed by atoms with Gasteiger partial charge in [-0.25, -0.2) is 4.79 Å². The number of aromatic nitrogens is 4. The van der Waals surface area contributed by atoms with Gasteiger partial charge in [-0.3, -0.25) is 19.9 Å². The van der Waals surface area contributed by atoms with Gasteiger partial charge >= 0.3 is 5.69 Å². The molecule has 2 aromatic heterocycles. The lowest BCUT2D eigenvalue weighted by Crippen LogP contribution is -2.31. The van der Waals surface area contributed by atoms with Gasteiger partial charge in [0.05, 0.1) is 19.8 Å². The van der Waals surface area contributed by atoms with Crippen LogP contribution in [0.4, 0.5) is 11.6 Å². The molecular formula is C17H17N5O4. The van der Waals surface area contributed by atoms with Crippen molar-refractivity contribution in [2.24, 2.45) is 0 Å². The molecule has 0 fully saturated rings. The molecule has 4 N–H and O–H groups in total. The van der Waals surface area contributed by atoms with Gasteiger partial charge in [0, 0.05) is 17.2 Å². The molecule has 0 saturated heterocycles. The summed E-state index contributed by atoms with van der Waals surface area (Å²) >= 11 is 0. The van der Waals surface area contributed by atoms with E-state index < -0.39 is 17.2 Å². The molecule has 0 amide bonds. The number of hydrogen-bond donors (Lipinski definition) is 4. The highest BCUT2D eigenvalue weighted by molar-refractivity contribution is 5.71. The summed E-state index contributed by atoms with van der Waals surface area (Å²) in [6.45, 7) is 1.88. The van der Waals surface area contributed by atoms with E-state index in [1.54, 1.807) is 20.3 Å². The quantitative estimate of drug-likeness (QED) is 0.440. The maximum atomic E-state index is 12.6. The van der Waals surface area contributed by atoms with E-state index in [4.69, 9.17) is 9.47 Å². The second kappa shape index (κ2) is 5.80. The van der Waals surface area contributed by atoms with Crippen LogP contribution in [0.25, 0.3) is 0 Å². The molecule has 26 heavy (non-hydrogen) atoms. The minimum atomic E-state index is -0.581. The molecule has 134 valence electrons. The largest absolute Gasteiger partial charge is 0.493 e. The molecule has 1 aromatic carbocycles. The van der Waals surface area contributed by atoms with E-state index >= 15 is 0 Å². The zero-order valence-electron chi connectivity index (χ0n) is 14.4. The van der Waals surface area contributed by atoms with E-state index in [1.807, 2.05) is 19.1 Å². The van der Waals surface area contributed by atoms with Crippen LogP contribution >= 0.6 is 0 Å². The fourth-order valence-corrected chi connectivity index (χ4v) is 3.38. The maximum Gasteiger partial charge on any atom is 0.327 e. The molecule has 9 heteroatoms. The van der Waals surface area contributed by atoms with Crippen molar-refractivity contribution in [3.8, 4) is 11.5 Å². The summed E-state index contributed by atoms with van der Waals surface area (Å²) in [6.07, 6.45) is 0. The number of aromatic amines is 3. The third kappa shape index (κ3) is 2.28. The first-order chi connectivity index (χ1) is 12.5. The molecule has 3 heterocycles. The standard InChI is InChI=1S/C17H17N5O4/c1-7-11-12(8-4-5-9(25-2)10(6-8)26-3)13-14(18-15(11)22-21-7)19-17(24)20-16(13)23/h4-6,12H,1-3H3,(H4,18,19,20,21,22,23,24)/t12-/m1/s1. The summed E-state index contributed by atoms with van der Waals surface area (Å²) in [4.78, 5) is 29.2. The molecule has 0 bridgehead atoms. The molecule has 1 atom stereocenters. The van der Waals surface area contributed by atoms with Gasteiger partial charge in [-0.2, -0.15) is 5.10 Å². The van der Waals surface area contributed by atoms with Crippen molar-refractivity contribution in [3.05, 3.63) is 61.4 Å². The lowest BCUT2D eigenvalue weighted by atomic mass is 9.83. The van der Waals surface area contributed by atoms with Gasteiger partial charge < -0.3 is 14.8 Å². The maximum absolute atomic E-state index is 12.6. The zero-order chi connectivity index (χ0) is 18.4. The average Bonchev–Trinajstić information content (AvgIpc) is 2.99. The highest BCUT2D eigenvalue weighted by atomic mass is 16.5. The number of methoxy groups -OCH3 is 2. The van der Waals surface area contributed by atoms with Gasteiger partial charge in [0.25, 0.3) is 5.56 Å². The molecule has 0 radical (unpaired) electrons. The Morgan fingerprint density at radius 2 is 1.81 bits per heavy atom. The number of nitrogens with one attached hydrogen (secondary N) is 4. The number of anilines is 2. The Bertz CT molecular complexity index is 1110. The van der Waals surface area contributed by atoms with Gasteiger partial charge in [0.1, 0.15) is 5.82 Å². The molecule has 1 aliphatic heterocycles. The first-order valence-electron chi connectivity index (χ1n) is 7.93. The first kappa shape index (κ1) is 16.0. The van der Waals surface area contributed by atoms with Crippen LogP contribution in [0.15, 0.2) is 27.8 Å². The first-order valence-corrected chi connectivity index (χ1v) is 7.93. The van der Waals surface area contributed by atoms with Crippen LogP contribution in [-0.2, 0) is 0 Å². The molecule has 0 saturated carbocycles. The molecule has 0 spiro atoms.